The van der Waals surface area contributed by atoms with Gasteiger partial charge in [0.15, 0.2) is 0 Å². The van der Waals surface area contributed by atoms with Crippen LogP contribution in [-0.4, -0.2) is 42.0 Å². The number of carbonyl (C=O) groups excluding carboxylic acids is 1. The number of hydrogen-bond donors (Lipinski definition) is 0. The second kappa shape index (κ2) is 4.64. The molecule has 1 saturated heterocycles. The normalized spacial score (nSPS) is 22.2. The molecule has 0 saturated carbocycles. The molecule has 1 aromatic rings. The number of pyridine rings is 1. The number of anilines is 1. The Morgan fingerprint density at radius 3 is 2.85 bits per heavy atom. The summed E-state index contributed by atoms with van der Waals surface area (Å²) in [6, 6.07) is 1.36. The Morgan fingerprint density at radius 2 is 2.15 bits per heavy atom. The molecule has 1 atom stereocenters. The van der Waals surface area contributed by atoms with Crippen LogP contribution in [0, 0.1) is 0 Å². The predicted molar refractivity (Wildman–Crippen MR) is 66.3 cm³/mol. The van der Waals surface area contributed by atoms with E-state index in [1.165, 1.54) is 6.07 Å². The molecule has 0 radical (unpaired) electrons. The largest absolute Gasteiger partial charge is 0.417 e. The second-order valence-corrected chi connectivity index (χ2v) is 5.19. The number of amides is 1. The van der Waals surface area contributed by atoms with Gasteiger partial charge in [-0.15, -0.1) is 0 Å². The number of hydrogen-bond acceptors (Lipinski definition) is 3. The molecule has 0 bridgehead atoms. The lowest BCUT2D eigenvalue weighted by molar-refractivity contribution is -0.137. The monoisotopic (exact) mass is 285 g/mol. The number of rotatable bonds is 1. The number of aryl methyl sites for hydroxylation is 1. The number of aromatic nitrogens is 1. The number of carbonyl (C=O) groups is 1. The molecule has 108 valence electrons. The first-order chi connectivity index (χ1) is 9.49. The van der Waals surface area contributed by atoms with Gasteiger partial charge in [-0.1, -0.05) is 0 Å². The highest BCUT2D eigenvalue weighted by Gasteiger charge is 2.36. The van der Waals surface area contributed by atoms with Gasteiger partial charge in [0, 0.05) is 31.9 Å². The molecule has 1 amide bonds. The summed E-state index contributed by atoms with van der Waals surface area (Å²) in [5.74, 6) is 0.639. The quantitative estimate of drug-likeness (QED) is 0.737. The van der Waals surface area contributed by atoms with Crippen molar-refractivity contribution in [2.24, 2.45) is 0 Å². The summed E-state index contributed by atoms with van der Waals surface area (Å²) >= 11 is 0. The first-order valence-electron chi connectivity index (χ1n) is 6.51. The fraction of sp³-hybridized carbons (Fsp3) is 0.538. The summed E-state index contributed by atoms with van der Waals surface area (Å²) in [4.78, 5) is 18.6. The van der Waals surface area contributed by atoms with Crippen LogP contribution < -0.4 is 4.90 Å². The molecule has 0 aliphatic carbocycles. The smallest absolute Gasteiger partial charge is 0.350 e. The Labute approximate surface area is 114 Å². The molecule has 7 heteroatoms. The Bertz CT molecular complexity index is 532. The maximum absolute atomic E-state index is 12.7. The van der Waals surface area contributed by atoms with Crippen LogP contribution in [0.15, 0.2) is 12.3 Å². The molecule has 0 N–H and O–H groups in total. The summed E-state index contributed by atoms with van der Waals surface area (Å²) in [5, 5.41) is 0. The van der Waals surface area contributed by atoms with Crippen LogP contribution in [0.3, 0.4) is 0 Å². The number of piperazine rings is 1. The molecule has 20 heavy (non-hydrogen) atoms. The molecule has 1 aromatic heterocycles. The summed E-state index contributed by atoms with van der Waals surface area (Å²) in [6.45, 7) is 1.82. The lowest BCUT2D eigenvalue weighted by Gasteiger charge is -2.44. The van der Waals surface area contributed by atoms with Gasteiger partial charge in [0.25, 0.3) is 0 Å². The Morgan fingerprint density at radius 1 is 1.35 bits per heavy atom. The summed E-state index contributed by atoms with van der Waals surface area (Å²) in [6.07, 6.45) is -1.31. The SMILES string of the molecule is O=CN1CCN2c3ncc(C(F)(F)F)cc3CC[C@@H]2C1. The average molecular weight is 285 g/mol. The lowest BCUT2D eigenvalue weighted by Crippen LogP contribution is -2.54. The van der Waals surface area contributed by atoms with Gasteiger partial charge in [-0.05, 0) is 24.5 Å². The highest BCUT2D eigenvalue weighted by molar-refractivity contribution is 5.54. The third-order valence-electron chi connectivity index (χ3n) is 3.95. The van der Waals surface area contributed by atoms with E-state index in [0.717, 1.165) is 19.0 Å². The van der Waals surface area contributed by atoms with E-state index in [0.29, 0.717) is 37.4 Å². The Balaban J connectivity index is 1.89. The van der Waals surface area contributed by atoms with E-state index in [9.17, 15) is 18.0 Å². The van der Waals surface area contributed by atoms with Crippen LogP contribution in [0.25, 0.3) is 0 Å². The van der Waals surface area contributed by atoms with Gasteiger partial charge in [-0.2, -0.15) is 13.2 Å². The van der Waals surface area contributed by atoms with Crippen molar-refractivity contribution in [2.45, 2.75) is 25.1 Å². The number of fused-ring (bicyclic) bond motifs is 3. The van der Waals surface area contributed by atoms with E-state index in [1.54, 1.807) is 4.90 Å². The van der Waals surface area contributed by atoms with Gasteiger partial charge in [-0.25, -0.2) is 4.98 Å². The van der Waals surface area contributed by atoms with E-state index in [-0.39, 0.29) is 6.04 Å². The molecule has 4 nitrogen and oxygen atoms in total. The maximum atomic E-state index is 12.7. The van der Waals surface area contributed by atoms with Gasteiger partial charge in [0.1, 0.15) is 5.82 Å². The Kier molecular flexibility index (Phi) is 3.07. The third-order valence-corrected chi connectivity index (χ3v) is 3.95. The summed E-state index contributed by atoms with van der Waals surface area (Å²) < 4.78 is 38.1. The van der Waals surface area contributed by atoms with Crippen molar-refractivity contribution in [3.63, 3.8) is 0 Å². The highest BCUT2D eigenvalue weighted by Crippen LogP contribution is 2.35. The number of alkyl halides is 3. The molecule has 2 aliphatic rings. The molecule has 3 heterocycles. The van der Waals surface area contributed by atoms with E-state index < -0.39 is 11.7 Å². The molecule has 3 rings (SSSR count). The van der Waals surface area contributed by atoms with Gasteiger partial charge in [0.05, 0.1) is 5.56 Å². The van der Waals surface area contributed by atoms with E-state index >= 15 is 0 Å². The molecule has 0 unspecified atom stereocenters. The fourth-order valence-electron chi connectivity index (χ4n) is 2.92. The van der Waals surface area contributed by atoms with Crippen LogP contribution in [0.1, 0.15) is 17.5 Å². The molecule has 0 aromatic carbocycles. The van der Waals surface area contributed by atoms with E-state index in [4.69, 9.17) is 0 Å². The first kappa shape index (κ1) is 13.2. The van der Waals surface area contributed by atoms with Crippen LogP contribution >= 0.6 is 0 Å². The van der Waals surface area contributed by atoms with Crippen molar-refractivity contribution in [1.82, 2.24) is 9.88 Å². The van der Waals surface area contributed by atoms with Crippen molar-refractivity contribution >= 4 is 12.2 Å². The zero-order chi connectivity index (χ0) is 14.3. The minimum absolute atomic E-state index is 0.158. The lowest BCUT2D eigenvalue weighted by atomic mass is 9.95. The zero-order valence-electron chi connectivity index (χ0n) is 10.7. The van der Waals surface area contributed by atoms with Crippen molar-refractivity contribution in [3.05, 3.63) is 23.4 Å². The molecule has 0 spiro atoms. The van der Waals surface area contributed by atoms with E-state index in [1.807, 2.05) is 4.90 Å². The zero-order valence-corrected chi connectivity index (χ0v) is 10.7. The van der Waals surface area contributed by atoms with E-state index in [2.05, 4.69) is 4.98 Å². The molecular weight excluding hydrogens is 271 g/mol. The fourth-order valence-corrected chi connectivity index (χ4v) is 2.92. The highest BCUT2D eigenvalue weighted by atomic mass is 19.4. The Hall–Kier alpha value is -1.79. The predicted octanol–water partition coefficient (Wildman–Crippen LogP) is 1.69. The number of halogens is 3. The average Bonchev–Trinajstić information content (AvgIpc) is 2.44. The van der Waals surface area contributed by atoms with Crippen molar-refractivity contribution in [1.29, 1.82) is 0 Å². The van der Waals surface area contributed by atoms with Crippen molar-refractivity contribution in [3.8, 4) is 0 Å². The van der Waals surface area contributed by atoms with Crippen LogP contribution in [0.2, 0.25) is 0 Å². The topological polar surface area (TPSA) is 36.4 Å². The van der Waals surface area contributed by atoms with Gasteiger partial charge >= 0.3 is 6.18 Å². The third kappa shape index (κ3) is 2.21. The van der Waals surface area contributed by atoms with Gasteiger partial charge in [-0.3, -0.25) is 4.79 Å². The van der Waals surface area contributed by atoms with Crippen molar-refractivity contribution < 1.29 is 18.0 Å². The summed E-state index contributed by atoms with van der Waals surface area (Å²) in [7, 11) is 0. The molecule has 2 aliphatic heterocycles. The van der Waals surface area contributed by atoms with Gasteiger partial charge in [0.2, 0.25) is 6.41 Å². The van der Waals surface area contributed by atoms with Crippen LogP contribution in [-0.2, 0) is 17.4 Å². The van der Waals surface area contributed by atoms with Gasteiger partial charge < -0.3 is 9.80 Å². The maximum Gasteiger partial charge on any atom is 0.417 e. The first-order valence-corrected chi connectivity index (χ1v) is 6.51. The standard InChI is InChI=1S/C13H14F3N3O/c14-13(15,16)10-5-9-1-2-11-7-18(8-20)3-4-19(11)12(9)17-6-10/h5-6,8,11H,1-4,7H2/t11-/m1/s1. The molecular formula is C13H14F3N3O. The minimum Gasteiger partial charge on any atom is -0.350 e. The summed E-state index contributed by atoms with van der Waals surface area (Å²) in [5.41, 5.74) is -0.0446. The van der Waals surface area contributed by atoms with Crippen LogP contribution in [0.5, 0.6) is 0 Å². The second-order valence-electron chi connectivity index (χ2n) is 5.19. The van der Waals surface area contributed by atoms with Crippen LogP contribution in [0.4, 0.5) is 19.0 Å². The van der Waals surface area contributed by atoms with Crippen molar-refractivity contribution in [2.75, 3.05) is 24.5 Å². The minimum atomic E-state index is -4.35. The number of nitrogens with zero attached hydrogens (tertiary/aromatic N) is 3. The molecule has 1 fully saturated rings.